The molecule has 2 aromatic rings. The van der Waals surface area contributed by atoms with Crippen molar-refractivity contribution in [2.24, 2.45) is 0 Å². The highest BCUT2D eigenvalue weighted by molar-refractivity contribution is 6.03. The number of nitrogens with one attached hydrogen (secondary N) is 2. The summed E-state index contributed by atoms with van der Waals surface area (Å²) in [6, 6.07) is 9.93. The molecule has 0 bridgehead atoms. The highest BCUT2D eigenvalue weighted by Crippen LogP contribution is 2.22. The fourth-order valence-electron chi connectivity index (χ4n) is 3.11. The van der Waals surface area contributed by atoms with Gasteiger partial charge in [0.05, 0.1) is 0 Å². The van der Waals surface area contributed by atoms with E-state index in [-0.39, 0.29) is 11.9 Å². The van der Waals surface area contributed by atoms with Crippen LogP contribution in [-0.4, -0.2) is 35.0 Å². The molecule has 26 heavy (non-hydrogen) atoms. The van der Waals surface area contributed by atoms with Crippen LogP contribution in [0.4, 0.5) is 17.3 Å². The Morgan fingerprint density at radius 3 is 2.42 bits per heavy atom. The van der Waals surface area contributed by atoms with Crippen LogP contribution in [0.15, 0.2) is 30.3 Å². The van der Waals surface area contributed by atoms with E-state index in [9.17, 15) is 4.79 Å². The van der Waals surface area contributed by atoms with Gasteiger partial charge in [0.1, 0.15) is 5.69 Å². The van der Waals surface area contributed by atoms with Gasteiger partial charge in [-0.3, -0.25) is 4.79 Å². The molecule has 1 amide bonds. The lowest BCUT2D eigenvalue weighted by atomic mass is 10.1. The molecule has 2 N–H and O–H groups in total. The third kappa shape index (κ3) is 4.71. The van der Waals surface area contributed by atoms with E-state index in [1.54, 1.807) is 6.07 Å². The van der Waals surface area contributed by atoms with Crippen molar-refractivity contribution in [2.45, 2.75) is 46.1 Å². The van der Waals surface area contributed by atoms with Crippen LogP contribution in [0.2, 0.25) is 0 Å². The fraction of sp³-hybridized carbons (Fsp3) is 0.450. The van der Waals surface area contributed by atoms with Gasteiger partial charge in [-0.15, -0.1) is 0 Å². The van der Waals surface area contributed by atoms with Crippen molar-refractivity contribution in [3.8, 4) is 0 Å². The van der Waals surface area contributed by atoms with Crippen molar-refractivity contribution in [1.82, 2.24) is 9.97 Å². The molecule has 1 aromatic heterocycles. The monoisotopic (exact) mass is 353 g/mol. The first-order chi connectivity index (χ1) is 12.5. The van der Waals surface area contributed by atoms with Gasteiger partial charge in [0.2, 0.25) is 5.95 Å². The number of rotatable bonds is 5. The Hall–Kier alpha value is -2.63. The highest BCUT2D eigenvalue weighted by atomic mass is 16.1. The molecule has 1 fully saturated rings. The number of carbonyl (C=O) groups is 1. The molecule has 1 aliphatic heterocycles. The molecule has 0 saturated carbocycles. The summed E-state index contributed by atoms with van der Waals surface area (Å²) in [5.41, 5.74) is 3.10. The minimum Gasteiger partial charge on any atom is -0.372 e. The first-order valence-electron chi connectivity index (χ1n) is 9.30. The van der Waals surface area contributed by atoms with Crippen molar-refractivity contribution in [1.29, 1.82) is 0 Å². The summed E-state index contributed by atoms with van der Waals surface area (Å²) in [5, 5.41) is 6.06. The molecule has 1 aromatic carbocycles. The van der Waals surface area contributed by atoms with Crippen LogP contribution in [0, 0.1) is 6.92 Å². The Balaban J connectivity index is 1.68. The van der Waals surface area contributed by atoms with Crippen molar-refractivity contribution < 1.29 is 4.79 Å². The molecule has 0 unspecified atom stereocenters. The summed E-state index contributed by atoms with van der Waals surface area (Å²) in [5.74, 6) is 0.249. The second-order valence-electron chi connectivity index (χ2n) is 7.07. The molecular formula is C20H27N5O. The van der Waals surface area contributed by atoms with Gasteiger partial charge < -0.3 is 15.5 Å². The standard InChI is InChI=1S/C20H27N5O/c1-14(2)21-20-22-15(3)13-18(24-20)19(26)23-16-7-9-17(10-8-16)25-11-5-4-6-12-25/h7-10,13-14H,4-6,11-12H2,1-3H3,(H,23,26)(H,21,22,24). The van der Waals surface area contributed by atoms with Gasteiger partial charge in [-0.05, 0) is 70.4 Å². The summed E-state index contributed by atoms with van der Waals surface area (Å²) in [4.78, 5) is 23.6. The Bertz CT molecular complexity index is 751. The summed E-state index contributed by atoms with van der Waals surface area (Å²) in [6.07, 6.45) is 3.81. The van der Waals surface area contributed by atoms with Crippen LogP contribution in [0.1, 0.15) is 49.3 Å². The minimum atomic E-state index is -0.229. The predicted octanol–water partition coefficient (Wildman–Crippen LogP) is 3.85. The topological polar surface area (TPSA) is 70.2 Å². The average molecular weight is 353 g/mol. The van der Waals surface area contributed by atoms with E-state index in [0.29, 0.717) is 11.6 Å². The van der Waals surface area contributed by atoms with Crippen molar-refractivity contribution in [3.05, 3.63) is 41.7 Å². The normalized spacial score (nSPS) is 14.4. The van der Waals surface area contributed by atoms with Gasteiger partial charge >= 0.3 is 0 Å². The Morgan fingerprint density at radius 2 is 1.77 bits per heavy atom. The zero-order valence-electron chi connectivity index (χ0n) is 15.7. The lowest BCUT2D eigenvalue weighted by Gasteiger charge is -2.28. The molecule has 1 saturated heterocycles. The summed E-state index contributed by atoms with van der Waals surface area (Å²) >= 11 is 0. The molecule has 0 spiro atoms. The van der Waals surface area contributed by atoms with E-state index < -0.39 is 0 Å². The SMILES string of the molecule is Cc1cc(C(=O)Nc2ccc(N3CCCCC3)cc2)nc(NC(C)C)n1. The second-order valence-corrected chi connectivity index (χ2v) is 7.07. The van der Waals surface area contributed by atoms with Gasteiger partial charge in [-0.1, -0.05) is 0 Å². The van der Waals surface area contributed by atoms with Gasteiger partial charge in [-0.2, -0.15) is 0 Å². The highest BCUT2D eigenvalue weighted by Gasteiger charge is 2.13. The maximum atomic E-state index is 12.6. The van der Waals surface area contributed by atoms with Crippen LogP contribution in [0.3, 0.4) is 0 Å². The number of aryl methyl sites for hydroxylation is 1. The Morgan fingerprint density at radius 1 is 1.08 bits per heavy atom. The van der Waals surface area contributed by atoms with Crippen LogP contribution < -0.4 is 15.5 Å². The largest absolute Gasteiger partial charge is 0.372 e. The zero-order valence-corrected chi connectivity index (χ0v) is 15.7. The van der Waals surface area contributed by atoms with Crippen molar-refractivity contribution in [2.75, 3.05) is 28.6 Å². The van der Waals surface area contributed by atoms with Gasteiger partial charge in [0.15, 0.2) is 0 Å². The lowest BCUT2D eigenvalue weighted by Crippen LogP contribution is -2.29. The Kier molecular flexibility index (Phi) is 5.71. The second kappa shape index (κ2) is 8.17. The summed E-state index contributed by atoms with van der Waals surface area (Å²) in [7, 11) is 0. The molecule has 0 radical (unpaired) electrons. The third-order valence-corrected chi connectivity index (χ3v) is 4.35. The zero-order chi connectivity index (χ0) is 18.5. The molecule has 0 atom stereocenters. The molecule has 6 heteroatoms. The van der Waals surface area contributed by atoms with E-state index in [1.165, 1.54) is 24.9 Å². The molecule has 0 aliphatic carbocycles. The van der Waals surface area contributed by atoms with E-state index in [2.05, 4.69) is 37.6 Å². The van der Waals surface area contributed by atoms with Gasteiger partial charge in [0, 0.05) is 36.2 Å². The van der Waals surface area contributed by atoms with Crippen LogP contribution in [-0.2, 0) is 0 Å². The third-order valence-electron chi connectivity index (χ3n) is 4.35. The van der Waals surface area contributed by atoms with Crippen LogP contribution in [0.5, 0.6) is 0 Å². The smallest absolute Gasteiger partial charge is 0.274 e. The van der Waals surface area contributed by atoms with Crippen LogP contribution >= 0.6 is 0 Å². The van der Waals surface area contributed by atoms with Gasteiger partial charge in [-0.25, -0.2) is 9.97 Å². The molecule has 3 rings (SSSR count). The predicted molar refractivity (Wildman–Crippen MR) is 106 cm³/mol. The van der Waals surface area contributed by atoms with E-state index >= 15 is 0 Å². The molecule has 6 nitrogen and oxygen atoms in total. The van der Waals surface area contributed by atoms with Crippen LogP contribution in [0.25, 0.3) is 0 Å². The maximum absolute atomic E-state index is 12.6. The van der Waals surface area contributed by atoms with E-state index in [4.69, 9.17) is 0 Å². The summed E-state index contributed by atoms with van der Waals surface area (Å²) < 4.78 is 0. The number of aromatic nitrogens is 2. The van der Waals surface area contributed by atoms with E-state index in [1.807, 2.05) is 32.9 Å². The number of hydrogen-bond donors (Lipinski definition) is 2. The number of hydrogen-bond acceptors (Lipinski definition) is 5. The van der Waals surface area contributed by atoms with E-state index in [0.717, 1.165) is 24.5 Å². The maximum Gasteiger partial charge on any atom is 0.274 e. The lowest BCUT2D eigenvalue weighted by molar-refractivity contribution is 0.102. The first-order valence-corrected chi connectivity index (χ1v) is 9.30. The summed E-state index contributed by atoms with van der Waals surface area (Å²) in [6.45, 7) is 8.09. The number of carbonyl (C=O) groups excluding carboxylic acids is 1. The Labute approximate surface area is 155 Å². The fourth-order valence-corrected chi connectivity index (χ4v) is 3.11. The average Bonchev–Trinajstić information content (AvgIpc) is 2.62. The van der Waals surface area contributed by atoms with Crippen molar-refractivity contribution in [3.63, 3.8) is 0 Å². The number of nitrogens with zero attached hydrogens (tertiary/aromatic N) is 3. The number of benzene rings is 1. The molecule has 2 heterocycles. The first kappa shape index (κ1) is 18.2. The molecule has 1 aliphatic rings. The number of anilines is 3. The number of piperidine rings is 1. The van der Waals surface area contributed by atoms with Crippen molar-refractivity contribution >= 4 is 23.2 Å². The molecule has 138 valence electrons. The number of amides is 1. The minimum absolute atomic E-state index is 0.204. The molecular weight excluding hydrogens is 326 g/mol. The van der Waals surface area contributed by atoms with Gasteiger partial charge in [0.25, 0.3) is 5.91 Å². The quantitative estimate of drug-likeness (QED) is 0.854.